The number of hydrogen-bond donors (Lipinski definition) is 0. The van der Waals surface area contributed by atoms with Crippen LogP contribution in [0.3, 0.4) is 0 Å². The molecule has 0 N–H and O–H groups in total. The molecule has 0 fully saturated rings. The van der Waals surface area contributed by atoms with Crippen LogP contribution in [0.4, 0.5) is 13.2 Å². The van der Waals surface area contributed by atoms with Crippen LogP contribution in [0.15, 0.2) is 41.4 Å². The van der Waals surface area contributed by atoms with Crippen molar-refractivity contribution in [1.29, 1.82) is 0 Å². The maximum Gasteiger partial charge on any atom is 0.452 e. The summed E-state index contributed by atoms with van der Waals surface area (Å²) in [6, 6.07) is 8.42. The number of alkyl halides is 3. The molecule has 0 amide bonds. The zero-order valence-electron chi connectivity index (χ0n) is 27.9. The highest BCUT2D eigenvalue weighted by Gasteiger charge is 2.42. The predicted octanol–water partition coefficient (Wildman–Crippen LogP) is 6.04. The Morgan fingerprint density at radius 3 is 2.49 bits per heavy atom. The smallest absolute Gasteiger partial charge is 0.452 e. The van der Waals surface area contributed by atoms with E-state index in [1.54, 1.807) is 27.7 Å². The number of aromatic nitrogens is 4. The van der Waals surface area contributed by atoms with Gasteiger partial charge in [-0.15, -0.1) is 10.2 Å². The third-order valence-corrected chi connectivity index (χ3v) is 11.0. The predicted molar refractivity (Wildman–Crippen MR) is 174 cm³/mol. The summed E-state index contributed by atoms with van der Waals surface area (Å²) in [6.45, 7) is 9.20. The Morgan fingerprint density at radius 1 is 1.06 bits per heavy atom. The second-order valence-electron chi connectivity index (χ2n) is 12.5. The molecule has 0 saturated heterocycles. The maximum atomic E-state index is 14.3. The van der Waals surface area contributed by atoms with E-state index in [0.29, 0.717) is 40.8 Å². The average molecular weight is 724 g/mol. The number of halogens is 4. The molecule has 0 saturated carbocycles. The molecule has 16 heteroatoms. The Balaban J connectivity index is 1.64. The lowest BCUT2D eigenvalue weighted by Gasteiger charge is -2.34. The van der Waals surface area contributed by atoms with E-state index in [1.165, 1.54) is 29.7 Å². The summed E-state index contributed by atoms with van der Waals surface area (Å²) >= 11 is 6.23. The number of nitrogens with zero attached hydrogens (tertiary/aromatic N) is 5. The van der Waals surface area contributed by atoms with Gasteiger partial charge in [0.2, 0.25) is 21.7 Å². The number of hydrogen-bond acceptors (Lipinski definition) is 9. The van der Waals surface area contributed by atoms with Gasteiger partial charge in [0, 0.05) is 31.8 Å². The van der Waals surface area contributed by atoms with E-state index in [9.17, 15) is 26.4 Å². The molecule has 0 radical (unpaired) electrons. The fourth-order valence-corrected chi connectivity index (χ4v) is 7.84. The van der Waals surface area contributed by atoms with Gasteiger partial charge in [-0.3, -0.25) is 9.20 Å². The lowest BCUT2D eigenvalue weighted by molar-refractivity contribution is -0.151. The molecule has 264 valence electrons. The van der Waals surface area contributed by atoms with Crippen LogP contribution in [0.1, 0.15) is 65.4 Å². The van der Waals surface area contributed by atoms with Gasteiger partial charge in [-0.2, -0.15) is 17.5 Å². The first-order valence-electron chi connectivity index (χ1n) is 15.5. The molecule has 4 aromatic rings. The van der Waals surface area contributed by atoms with Crippen molar-refractivity contribution in [3.63, 3.8) is 0 Å². The second-order valence-corrected chi connectivity index (χ2v) is 14.8. The van der Waals surface area contributed by atoms with E-state index in [0.717, 1.165) is 9.96 Å². The van der Waals surface area contributed by atoms with Crippen LogP contribution in [0.2, 0.25) is 5.15 Å². The summed E-state index contributed by atoms with van der Waals surface area (Å²) in [4.78, 5) is 17.4. The molecule has 1 aliphatic heterocycles. The molecular weight excluding hydrogens is 687 g/mol. The van der Waals surface area contributed by atoms with Crippen LogP contribution in [-0.4, -0.2) is 71.7 Å². The third-order valence-electron chi connectivity index (χ3n) is 8.78. The minimum Gasteiger partial charge on any atom is -0.474 e. The highest BCUT2D eigenvalue weighted by Crippen LogP contribution is 2.44. The van der Waals surface area contributed by atoms with Gasteiger partial charge in [0.1, 0.15) is 16.7 Å². The summed E-state index contributed by atoms with van der Waals surface area (Å²) in [5, 5.41) is 7.33. The van der Waals surface area contributed by atoms with Gasteiger partial charge in [0.05, 0.1) is 19.1 Å². The minimum atomic E-state index is -4.73. The Hall–Kier alpha value is -3.79. The molecule has 0 unspecified atom stereocenters. The number of rotatable bonds is 6. The molecule has 11 nitrogen and oxygen atoms in total. The summed E-state index contributed by atoms with van der Waals surface area (Å²) in [7, 11) is -2.91. The number of benzene rings is 1. The van der Waals surface area contributed by atoms with Crippen molar-refractivity contribution < 1.29 is 40.6 Å². The van der Waals surface area contributed by atoms with Gasteiger partial charge in [0.25, 0.3) is 0 Å². The molecule has 1 atom stereocenters. The topological polar surface area (TPSA) is 125 Å². The average Bonchev–Trinajstić information content (AvgIpc) is 3.48. The lowest BCUT2D eigenvalue weighted by Crippen LogP contribution is -2.34. The van der Waals surface area contributed by atoms with Crippen molar-refractivity contribution in [3.05, 3.63) is 80.9 Å². The summed E-state index contributed by atoms with van der Waals surface area (Å²) in [5.74, 6) is -2.58. The second kappa shape index (κ2) is 13.8. The van der Waals surface area contributed by atoms with E-state index in [2.05, 4.69) is 15.2 Å². The highest BCUT2D eigenvalue weighted by molar-refractivity contribution is 7.89. The van der Waals surface area contributed by atoms with Crippen LogP contribution >= 0.6 is 11.6 Å². The van der Waals surface area contributed by atoms with Crippen molar-refractivity contribution in [1.82, 2.24) is 23.9 Å². The van der Waals surface area contributed by atoms with E-state index < -0.39 is 39.3 Å². The van der Waals surface area contributed by atoms with E-state index in [4.69, 9.17) is 25.8 Å². The quantitative estimate of drug-likeness (QED) is 0.173. The van der Waals surface area contributed by atoms with Crippen molar-refractivity contribution >= 4 is 33.2 Å². The van der Waals surface area contributed by atoms with Crippen LogP contribution < -0.4 is 4.74 Å². The zero-order chi connectivity index (χ0) is 35.9. The van der Waals surface area contributed by atoms with Gasteiger partial charge in [0.15, 0.2) is 5.65 Å². The molecule has 4 heterocycles. The first kappa shape index (κ1) is 36.5. The van der Waals surface area contributed by atoms with Crippen LogP contribution in [-0.2, 0) is 37.0 Å². The fourth-order valence-electron chi connectivity index (χ4n) is 6.10. The number of ether oxygens (including phenoxy) is 3. The van der Waals surface area contributed by atoms with Crippen molar-refractivity contribution in [2.45, 2.75) is 64.6 Å². The van der Waals surface area contributed by atoms with Crippen LogP contribution in [0.25, 0.3) is 5.65 Å². The number of pyridine rings is 2. The first-order valence-corrected chi connectivity index (χ1v) is 17.3. The Labute approximate surface area is 287 Å². The van der Waals surface area contributed by atoms with Crippen molar-refractivity contribution in [2.24, 2.45) is 5.41 Å². The normalized spacial score (nSPS) is 16.8. The minimum absolute atomic E-state index is 0.00966. The zero-order valence-corrected chi connectivity index (χ0v) is 29.5. The fraction of sp³-hybridized carbons (Fsp3) is 0.455. The number of fused-ring (bicyclic) bond motifs is 2. The van der Waals surface area contributed by atoms with E-state index in [1.807, 2.05) is 25.1 Å². The molecule has 5 rings (SSSR count). The van der Waals surface area contributed by atoms with Crippen molar-refractivity contribution in [2.75, 3.05) is 33.5 Å². The molecule has 1 aliphatic rings. The number of esters is 1. The Kier molecular flexibility index (Phi) is 10.3. The number of carbonyl (C=O) groups is 1. The largest absolute Gasteiger partial charge is 0.474 e. The Morgan fingerprint density at radius 2 is 1.80 bits per heavy atom. The molecule has 3 aromatic heterocycles. The molecule has 0 bridgehead atoms. The molecule has 1 aromatic carbocycles. The molecule has 0 aliphatic carbocycles. The van der Waals surface area contributed by atoms with Crippen LogP contribution in [0, 0.1) is 26.2 Å². The number of sulfonamides is 1. The van der Waals surface area contributed by atoms with Crippen molar-refractivity contribution in [3.8, 4) is 5.88 Å². The summed E-state index contributed by atoms with van der Waals surface area (Å²) < 4.78 is 88.2. The Bertz CT molecular complexity index is 2000. The maximum absolute atomic E-state index is 14.3. The van der Waals surface area contributed by atoms with Gasteiger partial charge >= 0.3 is 12.1 Å². The van der Waals surface area contributed by atoms with Gasteiger partial charge in [-0.05, 0) is 86.6 Å². The number of methoxy groups -OCH3 is 1. The van der Waals surface area contributed by atoms with Gasteiger partial charge < -0.3 is 14.2 Å². The highest BCUT2D eigenvalue weighted by atomic mass is 35.5. The van der Waals surface area contributed by atoms with Gasteiger partial charge in [-0.25, -0.2) is 13.4 Å². The van der Waals surface area contributed by atoms with E-state index >= 15 is 0 Å². The SMILES string of the molecule is COC(=O)C(C)(C)[C@H](c1ccc(C)c(CN2CCCOCCOc3nc(Cl)c(C)cc3S2(=O)=O)c1)c1ccn2c(C(F)(F)F)nnc2c1C. The summed E-state index contributed by atoms with van der Waals surface area (Å²) in [5.41, 5.74) is 2.19. The number of aryl methyl sites for hydroxylation is 3. The third kappa shape index (κ3) is 7.12. The number of carbonyl (C=O) groups excluding carboxylic acids is 1. The monoisotopic (exact) mass is 723 g/mol. The first-order chi connectivity index (χ1) is 23.0. The van der Waals surface area contributed by atoms with Gasteiger partial charge in [-0.1, -0.05) is 29.8 Å². The summed E-state index contributed by atoms with van der Waals surface area (Å²) in [6.07, 6.45) is -3.09. The molecule has 0 spiro atoms. The lowest BCUT2D eigenvalue weighted by atomic mass is 9.70. The molecule has 49 heavy (non-hydrogen) atoms. The standard InChI is InChI=1S/C33H37ClF3N5O6S/c1-19-8-9-22(26(32(4,5)31(43)46-6)24-10-12-42-28(21(24)3)39-40-30(42)33(35,36)37)17-23(19)18-41-11-7-13-47-14-15-48-29-25(49(41,44)45)16-20(2)27(34)38-29/h8-10,12,16-17,26H,7,11,13-15,18H2,1-6H3/t26-/m1/s1. The van der Waals surface area contributed by atoms with E-state index in [-0.39, 0.29) is 47.9 Å². The van der Waals surface area contributed by atoms with Crippen LogP contribution in [0.5, 0.6) is 5.88 Å². The molecular formula is C33H37ClF3N5O6S.